The van der Waals surface area contributed by atoms with Crippen LogP contribution in [0.4, 0.5) is 0 Å². The van der Waals surface area contributed by atoms with Crippen LogP contribution in [-0.4, -0.2) is 0 Å². The standard InChI is InChI=1S/C62H70/c1-3-5-7-9-11-13-15-17-19-21-27-45-37-41-49(42-38-45)57-59-51-33-23-29-47-31-25-35-53(55(47)51)61(59)58(62-54-36-26-32-48-30-24-34-52(56(48)54)60(57)62)50-43-39-46(40-44-50)28-22-20-18-16-14-12-10-8-6-4-2/h23-26,29-44H,3-22,27-28H2,1-2H3. The van der Waals surface area contributed by atoms with Crippen molar-refractivity contribution in [2.45, 2.75) is 155 Å². The monoisotopic (exact) mass is 815 g/mol. The third-order valence-corrected chi connectivity index (χ3v) is 14.5. The number of benzene rings is 7. The maximum Gasteiger partial charge on any atom is -0.000719 e. The van der Waals surface area contributed by atoms with Gasteiger partial charge in [-0.2, -0.15) is 0 Å². The Morgan fingerprint density at radius 3 is 0.823 bits per heavy atom. The van der Waals surface area contributed by atoms with Crippen LogP contribution in [0.15, 0.2) is 121 Å². The minimum Gasteiger partial charge on any atom is -0.0654 e. The quantitative estimate of drug-likeness (QED) is 0.0533. The minimum atomic E-state index is 1.16. The lowest BCUT2D eigenvalue weighted by molar-refractivity contribution is 0.556. The third-order valence-electron chi connectivity index (χ3n) is 14.5. The topological polar surface area (TPSA) is 0 Å². The van der Waals surface area contributed by atoms with Gasteiger partial charge in [-0.25, -0.2) is 0 Å². The van der Waals surface area contributed by atoms with Crippen LogP contribution in [0.3, 0.4) is 0 Å². The average Bonchev–Trinajstić information content (AvgIpc) is 3.82. The van der Waals surface area contributed by atoms with E-state index >= 15 is 0 Å². The highest BCUT2D eigenvalue weighted by atomic mass is 14.3. The van der Waals surface area contributed by atoms with Gasteiger partial charge in [0.2, 0.25) is 0 Å². The normalized spacial score (nSPS) is 12.2. The molecule has 0 nitrogen and oxygen atoms in total. The highest BCUT2D eigenvalue weighted by Gasteiger charge is 2.27. The molecule has 0 atom stereocenters. The first kappa shape index (κ1) is 42.4. The van der Waals surface area contributed by atoms with E-state index < -0.39 is 0 Å². The van der Waals surface area contributed by atoms with Gasteiger partial charge in [0.1, 0.15) is 0 Å². The summed E-state index contributed by atoms with van der Waals surface area (Å²) < 4.78 is 0. The maximum atomic E-state index is 2.45. The molecule has 0 heterocycles. The Bertz CT molecular complexity index is 2490. The lowest BCUT2D eigenvalue weighted by Crippen LogP contribution is -1.91. The third kappa shape index (κ3) is 8.82. The first-order valence-corrected chi connectivity index (χ1v) is 25.2. The molecule has 0 aromatic heterocycles. The lowest BCUT2D eigenvalue weighted by atomic mass is 9.86. The van der Waals surface area contributed by atoms with Gasteiger partial charge in [0.25, 0.3) is 0 Å². The number of fused-ring (bicyclic) bond motifs is 6. The van der Waals surface area contributed by atoms with Crippen molar-refractivity contribution in [1.82, 2.24) is 0 Å². The summed E-state index contributed by atoms with van der Waals surface area (Å²) >= 11 is 0. The van der Waals surface area contributed by atoms with Crippen molar-refractivity contribution in [3.63, 3.8) is 0 Å². The first-order chi connectivity index (χ1) is 30.8. The summed E-state index contributed by atoms with van der Waals surface area (Å²) in [6.45, 7) is 4.61. The molecule has 9 rings (SSSR count). The molecule has 9 aromatic rings. The second kappa shape index (κ2) is 20.5. The van der Waals surface area contributed by atoms with Crippen molar-refractivity contribution in [3.8, 4) is 22.3 Å². The Kier molecular flexibility index (Phi) is 14.0. The van der Waals surface area contributed by atoms with Crippen LogP contribution in [0.1, 0.15) is 153 Å². The van der Waals surface area contributed by atoms with Gasteiger partial charge in [-0.05, 0) is 124 Å². The van der Waals surface area contributed by atoms with Gasteiger partial charge >= 0.3 is 0 Å². The van der Waals surface area contributed by atoms with Crippen molar-refractivity contribution in [3.05, 3.63) is 132 Å². The molecule has 0 heteroatoms. The highest BCUT2D eigenvalue weighted by molar-refractivity contribution is 6.46. The van der Waals surface area contributed by atoms with Gasteiger partial charge in [0.05, 0.1) is 0 Å². The molecule has 318 valence electrons. The summed E-state index contributed by atoms with van der Waals surface area (Å²) in [7, 11) is 0. The molecule has 0 aliphatic heterocycles. The van der Waals surface area contributed by atoms with Crippen molar-refractivity contribution in [2.75, 3.05) is 0 Å². The summed E-state index contributed by atoms with van der Waals surface area (Å²) in [6, 6.07) is 47.5. The zero-order valence-electron chi connectivity index (χ0n) is 38.1. The Morgan fingerprint density at radius 2 is 0.532 bits per heavy atom. The minimum absolute atomic E-state index is 1.16. The highest BCUT2D eigenvalue weighted by Crippen LogP contribution is 2.55. The predicted octanol–water partition coefficient (Wildman–Crippen LogP) is 19.7. The molecule has 0 saturated carbocycles. The number of aryl methyl sites for hydroxylation is 2. The average molecular weight is 815 g/mol. The maximum absolute atomic E-state index is 2.45. The van der Waals surface area contributed by atoms with Crippen LogP contribution in [-0.2, 0) is 12.8 Å². The summed E-state index contributed by atoms with van der Waals surface area (Å²) in [5.41, 5.74) is 8.39. The van der Waals surface area contributed by atoms with Crippen LogP contribution in [0.25, 0.3) is 86.9 Å². The molecule has 0 spiro atoms. The first-order valence-electron chi connectivity index (χ1n) is 25.2. The van der Waals surface area contributed by atoms with Crippen LogP contribution >= 0.6 is 0 Å². The van der Waals surface area contributed by atoms with Crippen molar-refractivity contribution in [2.24, 2.45) is 0 Å². The fourth-order valence-corrected chi connectivity index (χ4v) is 11.2. The fraction of sp³-hybridized carbons (Fsp3) is 0.387. The van der Waals surface area contributed by atoms with Gasteiger partial charge < -0.3 is 0 Å². The van der Waals surface area contributed by atoms with E-state index in [1.54, 1.807) is 0 Å². The van der Waals surface area contributed by atoms with Crippen molar-refractivity contribution in [1.29, 1.82) is 0 Å². The lowest BCUT2D eigenvalue weighted by Gasteiger charge is -2.16. The van der Waals surface area contributed by atoms with Crippen molar-refractivity contribution < 1.29 is 0 Å². The Morgan fingerprint density at radius 1 is 0.258 bits per heavy atom. The van der Waals surface area contributed by atoms with Crippen LogP contribution in [0.2, 0.25) is 0 Å². The molecule has 0 aliphatic rings. The summed E-state index contributed by atoms with van der Waals surface area (Å²) in [5, 5.41) is 16.6. The van der Waals surface area contributed by atoms with Crippen LogP contribution in [0.5, 0.6) is 0 Å². The zero-order valence-corrected chi connectivity index (χ0v) is 38.1. The molecule has 0 unspecified atom stereocenters. The van der Waals surface area contributed by atoms with E-state index in [1.807, 2.05) is 0 Å². The van der Waals surface area contributed by atoms with E-state index in [9.17, 15) is 0 Å². The zero-order chi connectivity index (χ0) is 42.1. The Hall–Kier alpha value is -4.94. The molecule has 0 radical (unpaired) electrons. The number of unbranched alkanes of at least 4 members (excludes halogenated alkanes) is 18. The molecule has 9 aromatic carbocycles. The summed E-state index contributed by atoms with van der Waals surface area (Å²) in [6.07, 6.45) is 29.9. The predicted molar refractivity (Wildman–Crippen MR) is 276 cm³/mol. The second-order valence-corrected chi connectivity index (χ2v) is 18.9. The van der Waals surface area contributed by atoms with Gasteiger partial charge in [0, 0.05) is 0 Å². The largest absolute Gasteiger partial charge is 0.0654 e. The Balaban J connectivity index is 1.07. The van der Waals surface area contributed by atoms with E-state index in [-0.39, 0.29) is 0 Å². The molecule has 62 heavy (non-hydrogen) atoms. The van der Waals surface area contributed by atoms with E-state index in [2.05, 4.69) is 135 Å². The molecule has 0 N–H and O–H groups in total. The molecule has 0 fully saturated rings. The fourth-order valence-electron chi connectivity index (χ4n) is 11.2. The van der Waals surface area contributed by atoms with Gasteiger partial charge in [0.15, 0.2) is 0 Å². The summed E-state index contributed by atoms with van der Waals surface area (Å²) in [5.74, 6) is 0. The smallest absolute Gasteiger partial charge is 0.000719 e. The SMILES string of the molecule is CCCCCCCCCCCCc1ccc(-c2c3c4cccc5cccc(c3c(-c3ccc(CCCCCCCCCCCC)cc3)c3c6cccc7cccc(c23)c76)c54)cc1. The number of rotatable bonds is 24. The van der Waals surface area contributed by atoms with Gasteiger partial charge in [-0.1, -0.05) is 251 Å². The van der Waals surface area contributed by atoms with Gasteiger partial charge in [-0.3, -0.25) is 0 Å². The van der Waals surface area contributed by atoms with E-state index in [0.717, 1.165) is 12.8 Å². The molecular formula is C62H70. The molecule has 0 saturated heterocycles. The van der Waals surface area contributed by atoms with Crippen LogP contribution in [0, 0.1) is 0 Å². The molecule has 0 bridgehead atoms. The molecular weight excluding hydrogens is 745 g/mol. The second-order valence-electron chi connectivity index (χ2n) is 18.9. The van der Waals surface area contributed by atoms with E-state index in [0.29, 0.717) is 0 Å². The Labute approximate surface area is 372 Å². The van der Waals surface area contributed by atoms with Crippen molar-refractivity contribution >= 4 is 64.6 Å². The van der Waals surface area contributed by atoms with Crippen LogP contribution < -0.4 is 0 Å². The number of hydrogen-bond acceptors (Lipinski definition) is 0. The molecule has 0 amide bonds. The van der Waals surface area contributed by atoms with E-state index in [4.69, 9.17) is 0 Å². The van der Waals surface area contributed by atoms with Gasteiger partial charge in [-0.15, -0.1) is 0 Å². The summed E-state index contributed by atoms with van der Waals surface area (Å²) in [4.78, 5) is 0. The van der Waals surface area contributed by atoms with E-state index in [1.165, 1.54) is 226 Å². The number of hydrogen-bond donors (Lipinski definition) is 0. The molecule has 0 aliphatic carbocycles.